The lowest BCUT2D eigenvalue weighted by Crippen LogP contribution is -2.42. The van der Waals surface area contributed by atoms with Crippen LogP contribution in [0.2, 0.25) is 0 Å². The second-order valence-electron chi connectivity index (χ2n) is 8.21. The zero-order chi connectivity index (χ0) is 21.4. The van der Waals surface area contributed by atoms with E-state index in [2.05, 4.69) is 5.10 Å². The van der Waals surface area contributed by atoms with Gasteiger partial charge in [0.1, 0.15) is 5.60 Å². The van der Waals surface area contributed by atoms with Crippen LogP contribution in [-0.2, 0) is 10.9 Å². The number of hydrogen-bond donors (Lipinski definition) is 1. The van der Waals surface area contributed by atoms with Gasteiger partial charge in [0.15, 0.2) is 0 Å². The van der Waals surface area contributed by atoms with Crippen LogP contribution in [0.15, 0.2) is 30.6 Å². The van der Waals surface area contributed by atoms with Crippen LogP contribution >= 0.6 is 0 Å². The molecule has 0 spiro atoms. The number of piperidine rings is 1. The molecule has 1 aliphatic rings. The number of nitrogens with two attached hydrogens (primary N) is 1. The Kier molecular flexibility index (Phi) is 5.51. The summed E-state index contributed by atoms with van der Waals surface area (Å²) in [7, 11) is 0. The van der Waals surface area contributed by atoms with Crippen molar-refractivity contribution in [1.82, 2.24) is 14.7 Å². The highest BCUT2D eigenvalue weighted by molar-refractivity contribution is 5.76. The zero-order valence-corrected chi connectivity index (χ0v) is 16.7. The SMILES string of the molecule is CC(C)(C)OC(=O)N1CCC(n2cc(-c3ccc(C(F)(F)F)cc3N)cn2)CC1. The lowest BCUT2D eigenvalue weighted by Gasteiger charge is -2.33. The highest BCUT2D eigenvalue weighted by Crippen LogP contribution is 2.35. The number of nitrogen functional groups attached to an aromatic ring is 1. The Bertz CT molecular complexity index is 879. The van der Waals surface area contributed by atoms with Crippen molar-refractivity contribution in [3.8, 4) is 11.1 Å². The molecule has 0 bridgehead atoms. The second kappa shape index (κ2) is 7.61. The first kappa shape index (κ1) is 21.0. The van der Waals surface area contributed by atoms with E-state index in [0.29, 0.717) is 37.1 Å². The summed E-state index contributed by atoms with van der Waals surface area (Å²) in [4.78, 5) is 13.8. The molecule has 6 nitrogen and oxygen atoms in total. The lowest BCUT2D eigenvalue weighted by atomic mass is 10.0. The summed E-state index contributed by atoms with van der Waals surface area (Å²) >= 11 is 0. The number of amides is 1. The van der Waals surface area contributed by atoms with Crippen molar-refractivity contribution in [1.29, 1.82) is 0 Å². The third kappa shape index (κ3) is 5.02. The second-order valence-corrected chi connectivity index (χ2v) is 8.21. The van der Waals surface area contributed by atoms with E-state index >= 15 is 0 Å². The number of benzene rings is 1. The van der Waals surface area contributed by atoms with Crippen LogP contribution in [-0.4, -0.2) is 39.5 Å². The molecule has 29 heavy (non-hydrogen) atoms. The van der Waals surface area contributed by atoms with Gasteiger partial charge < -0.3 is 15.4 Å². The first-order chi connectivity index (χ1) is 13.4. The Morgan fingerprint density at radius 2 is 1.86 bits per heavy atom. The maximum Gasteiger partial charge on any atom is 0.416 e. The third-order valence-electron chi connectivity index (χ3n) is 4.78. The van der Waals surface area contributed by atoms with Crippen molar-refractivity contribution in [2.45, 2.75) is 51.4 Å². The van der Waals surface area contributed by atoms with E-state index in [1.165, 1.54) is 6.07 Å². The molecular weight excluding hydrogens is 385 g/mol. The monoisotopic (exact) mass is 410 g/mol. The van der Waals surface area contributed by atoms with Crippen LogP contribution in [0.1, 0.15) is 45.2 Å². The van der Waals surface area contributed by atoms with Gasteiger partial charge in [-0.2, -0.15) is 18.3 Å². The van der Waals surface area contributed by atoms with Crippen molar-refractivity contribution >= 4 is 11.8 Å². The van der Waals surface area contributed by atoms with Crippen LogP contribution < -0.4 is 5.73 Å². The summed E-state index contributed by atoms with van der Waals surface area (Å²) in [5, 5.41) is 4.36. The van der Waals surface area contributed by atoms with Crippen LogP contribution in [0.3, 0.4) is 0 Å². The summed E-state index contributed by atoms with van der Waals surface area (Å²) < 4.78 is 45.6. The Hall–Kier alpha value is -2.71. The standard InChI is InChI=1S/C20H25F3N4O2/c1-19(2,3)29-18(28)26-8-6-15(7-9-26)27-12-13(11-25-27)16-5-4-14(10-17(16)24)20(21,22)23/h4-5,10-12,15H,6-9,24H2,1-3H3. The van der Waals surface area contributed by atoms with E-state index in [1.807, 2.05) is 20.8 Å². The lowest BCUT2D eigenvalue weighted by molar-refractivity contribution is -0.137. The number of anilines is 1. The van der Waals surface area contributed by atoms with Gasteiger partial charge in [0.05, 0.1) is 17.8 Å². The Morgan fingerprint density at radius 3 is 2.41 bits per heavy atom. The van der Waals surface area contributed by atoms with E-state index < -0.39 is 17.3 Å². The molecule has 2 aromatic rings. The summed E-state index contributed by atoms with van der Waals surface area (Å²) in [5.41, 5.74) is 5.75. The molecule has 158 valence electrons. The smallest absolute Gasteiger partial charge is 0.416 e. The van der Waals surface area contributed by atoms with Gasteiger partial charge in [-0.3, -0.25) is 4.68 Å². The minimum Gasteiger partial charge on any atom is -0.444 e. The normalized spacial score (nSPS) is 16.1. The van der Waals surface area contributed by atoms with Crippen molar-refractivity contribution in [3.63, 3.8) is 0 Å². The molecular formula is C20H25F3N4O2. The number of halogens is 3. The number of ether oxygens (including phenoxy) is 1. The topological polar surface area (TPSA) is 73.4 Å². The molecule has 2 N–H and O–H groups in total. The molecule has 3 rings (SSSR count). The zero-order valence-electron chi connectivity index (χ0n) is 16.7. The van der Waals surface area contributed by atoms with Gasteiger partial charge in [-0.25, -0.2) is 4.79 Å². The average molecular weight is 410 g/mol. The number of alkyl halides is 3. The van der Waals surface area contributed by atoms with E-state index in [-0.39, 0.29) is 17.8 Å². The van der Waals surface area contributed by atoms with Crippen molar-refractivity contribution < 1.29 is 22.7 Å². The maximum atomic E-state index is 12.8. The van der Waals surface area contributed by atoms with Crippen LogP contribution in [0, 0.1) is 0 Å². The first-order valence-electron chi connectivity index (χ1n) is 9.43. The van der Waals surface area contributed by atoms with Gasteiger partial charge in [0.25, 0.3) is 0 Å². The number of carbonyl (C=O) groups is 1. The van der Waals surface area contributed by atoms with Crippen LogP contribution in [0.25, 0.3) is 11.1 Å². The molecule has 0 saturated carbocycles. The van der Waals surface area contributed by atoms with E-state index in [1.54, 1.807) is 22.0 Å². The van der Waals surface area contributed by atoms with Gasteiger partial charge in [-0.1, -0.05) is 6.07 Å². The summed E-state index contributed by atoms with van der Waals surface area (Å²) in [6.45, 7) is 6.59. The van der Waals surface area contributed by atoms with E-state index in [4.69, 9.17) is 10.5 Å². The molecule has 0 unspecified atom stereocenters. The number of likely N-dealkylation sites (tertiary alicyclic amines) is 1. The fraction of sp³-hybridized carbons (Fsp3) is 0.500. The molecule has 0 radical (unpaired) electrons. The van der Waals surface area contributed by atoms with Gasteiger partial charge in [-0.05, 0) is 45.7 Å². The number of nitrogens with zero attached hydrogens (tertiary/aromatic N) is 3. The number of hydrogen-bond acceptors (Lipinski definition) is 4. The fourth-order valence-electron chi connectivity index (χ4n) is 3.32. The number of aromatic nitrogens is 2. The molecule has 2 heterocycles. The predicted octanol–water partition coefficient (Wildman–Crippen LogP) is 4.72. The molecule has 0 aliphatic carbocycles. The third-order valence-corrected chi connectivity index (χ3v) is 4.78. The largest absolute Gasteiger partial charge is 0.444 e. The Balaban J connectivity index is 1.67. The minimum absolute atomic E-state index is 0.0547. The average Bonchev–Trinajstić information content (AvgIpc) is 3.09. The highest BCUT2D eigenvalue weighted by atomic mass is 19.4. The predicted molar refractivity (Wildman–Crippen MR) is 103 cm³/mol. The van der Waals surface area contributed by atoms with E-state index in [9.17, 15) is 18.0 Å². The number of rotatable bonds is 2. The van der Waals surface area contributed by atoms with Gasteiger partial charge in [-0.15, -0.1) is 0 Å². The summed E-state index contributed by atoms with van der Waals surface area (Å²) in [6, 6.07) is 3.41. The molecule has 1 saturated heterocycles. The van der Waals surface area contributed by atoms with Gasteiger partial charge in [0.2, 0.25) is 0 Å². The fourth-order valence-corrected chi connectivity index (χ4v) is 3.32. The minimum atomic E-state index is -4.43. The molecule has 1 amide bonds. The van der Waals surface area contributed by atoms with Gasteiger partial charge >= 0.3 is 12.3 Å². The Morgan fingerprint density at radius 1 is 1.21 bits per heavy atom. The van der Waals surface area contributed by atoms with Crippen LogP contribution in [0.5, 0.6) is 0 Å². The summed E-state index contributed by atoms with van der Waals surface area (Å²) in [6.07, 6.45) is 0.0472. The van der Waals surface area contributed by atoms with Gasteiger partial charge in [0, 0.05) is 36.1 Å². The quantitative estimate of drug-likeness (QED) is 0.727. The molecule has 1 aromatic carbocycles. The Labute approximate surface area is 167 Å². The highest BCUT2D eigenvalue weighted by Gasteiger charge is 2.31. The van der Waals surface area contributed by atoms with E-state index in [0.717, 1.165) is 12.1 Å². The van der Waals surface area contributed by atoms with Crippen molar-refractivity contribution in [3.05, 3.63) is 36.2 Å². The molecule has 9 heteroatoms. The molecule has 1 aliphatic heterocycles. The first-order valence-corrected chi connectivity index (χ1v) is 9.43. The molecule has 1 aromatic heterocycles. The van der Waals surface area contributed by atoms with Crippen molar-refractivity contribution in [2.24, 2.45) is 0 Å². The van der Waals surface area contributed by atoms with Crippen LogP contribution in [0.4, 0.5) is 23.7 Å². The molecule has 1 fully saturated rings. The van der Waals surface area contributed by atoms with Crippen molar-refractivity contribution in [2.75, 3.05) is 18.8 Å². The summed E-state index contributed by atoms with van der Waals surface area (Å²) in [5.74, 6) is 0. The molecule has 0 atom stereocenters. The number of carbonyl (C=O) groups excluding carboxylic acids is 1. The maximum absolute atomic E-state index is 12.8.